The lowest BCUT2D eigenvalue weighted by molar-refractivity contribution is -0.146. The first kappa shape index (κ1) is 20.3. The van der Waals surface area contributed by atoms with Gasteiger partial charge >= 0.3 is 12.0 Å². The molecular formula is C22H22N2O5. The van der Waals surface area contributed by atoms with Crippen molar-refractivity contribution in [1.82, 2.24) is 10.2 Å². The van der Waals surface area contributed by atoms with Gasteiger partial charge in [0, 0.05) is 5.56 Å². The van der Waals surface area contributed by atoms with Crippen LogP contribution in [0.4, 0.5) is 4.79 Å². The Hall–Kier alpha value is -3.48. The molecule has 150 valence electrons. The number of aryl methyl sites for hydroxylation is 1. The molecule has 0 saturated carbocycles. The fourth-order valence-electron chi connectivity index (χ4n) is 3.13. The molecule has 0 spiro atoms. The highest BCUT2D eigenvalue weighted by atomic mass is 16.5. The van der Waals surface area contributed by atoms with Gasteiger partial charge in [-0.1, -0.05) is 60.7 Å². The first-order chi connectivity index (χ1) is 13.9. The molecule has 2 aromatic carbocycles. The van der Waals surface area contributed by atoms with E-state index in [0.717, 1.165) is 10.5 Å². The van der Waals surface area contributed by atoms with Crippen molar-refractivity contribution in [2.75, 3.05) is 13.2 Å². The van der Waals surface area contributed by atoms with E-state index in [4.69, 9.17) is 4.74 Å². The van der Waals surface area contributed by atoms with Gasteiger partial charge in [-0.15, -0.1) is 0 Å². The van der Waals surface area contributed by atoms with Gasteiger partial charge in [-0.05, 0) is 25.3 Å². The minimum atomic E-state index is -1.09. The maximum atomic E-state index is 12.7. The van der Waals surface area contributed by atoms with Crippen molar-refractivity contribution in [3.63, 3.8) is 0 Å². The Morgan fingerprint density at radius 2 is 1.62 bits per heavy atom. The summed E-state index contributed by atoms with van der Waals surface area (Å²) in [5.74, 6) is -1.65. The summed E-state index contributed by atoms with van der Waals surface area (Å²) < 4.78 is 4.95. The predicted molar refractivity (Wildman–Crippen MR) is 105 cm³/mol. The highest BCUT2D eigenvalue weighted by Crippen LogP contribution is 2.23. The van der Waals surface area contributed by atoms with Gasteiger partial charge in [-0.25, -0.2) is 4.79 Å². The molecule has 0 bridgehead atoms. The Labute approximate surface area is 168 Å². The summed E-state index contributed by atoms with van der Waals surface area (Å²) >= 11 is 0. The van der Waals surface area contributed by atoms with E-state index in [9.17, 15) is 19.2 Å². The summed E-state index contributed by atoms with van der Waals surface area (Å²) in [5.41, 5.74) is 0.379. The minimum absolute atomic E-state index is 0.358. The van der Waals surface area contributed by atoms with Crippen molar-refractivity contribution < 1.29 is 23.9 Å². The van der Waals surface area contributed by atoms with Gasteiger partial charge in [0.25, 0.3) is 5.91 Å². The number of Topliss-reactive ketones (excluding diaryl/α,β-unsaturated/α-hetero) is 1. The molecule has 7 nitrogen and oxygen atoms in total. The molecule has 0 aliphatic carbocycles. The lowest BCUT2D eigenvalue weighted by Gasteiger charge is -2.21. The number of ketones is 1. The van der Waals surface area contributed by atoms with E-state index in [0.29, 0.717) is 18.4 Å². The lowest BCUT2D eigenvalue weighted by Crippen LogP contribution is -2.44. The number of urea groups is 1. The van der Waals surface area contributed by atoms with E-state index in [1.165, 1.54) is 0 Å². The number of esters is 1. The van der Waals surface area contributed by atoms with Crippen LogP contribution >= 0.6 is 0 Å². The van der Waals surface area contributed by atoms with Crippen LogP contribution < -0.4 is 5.32 Å². The largest absolute Gasteiger partial charge is 0.456 e. The van der Waals surface area contributed by atoms with E-state index in [-0.39, 0.29) is 5.78 Å². The standard InChI is InChI=1S/C22H22N2O5/c1-22(13-12-16-8-4-2-5-9-16)20(27)24(21(28)23-22)14-19(26)29-15-18(25)17-10-6-3-7-11-17/h2-11H,12-15H2,1H3,(H,23,28)/t22-/m0/s1. The lowest BCUT2D eigenvalue weighted by atomic mass is 9.93. The minimum Gasteiger partial charge on any atom is -0.456 e. The maximum Gasteiger partial charge on any atom is 0.326 e. The quantitative estimate of drug-likeness (QED) is 0.422. The molecule has 1 N–H and O–H groups in total. The average Bonchev–Trinajstić information content (AvgIpc) is 2.95. The van der Waals surface area contributed by atoms with Crippen molar-refractivity contribution in [3.05, 3.63) is 71.8 Å². The zero-order chi connectivity index (χ0) is 20.9. The zero-order valence-corrected chi connectivity index (χ0v) is 16.1. The van der Waals surface area contributed by atoms with Crippen molar-refractivity contribution in [3.8, 4) is 0 Å². The van der Waals surface area contributed by atoms with Crippen LogP contribution in [0.5, 0.6) is 0 Å². The Bertz CT molecular complexity index is 913. The van der Waals surface area contributed by atoms with Crippen LogP contribution in [0.2, 0.25) is 0 Å². The summed E-state index contributed by atoms with van der Waals surface area (Å²) in [4.78, 5) is 49.9. The van der Waals surface area contributed by atoms with Gasteiger partial charge in [0.1, 0.15) is 12.1 Å². The molecule has 2 aromatic rings. The average molecular weight is 394 g/mol. The topological polar surface area (TPSA) is 92.8 Å². The third-order valence-corrected chi connectivity index (χ3v) is 4.85. The van der Waals surface area contributed by atoms with Crippen LogP contribution in [0.3, 0.4) is 0 Å². The number of carbonyl (C=O) groups is 4. The van der Waals surface area contributed by atoms with Crippen molar-refractivity contribution in [2.45, 2.75) is 25.3 Å². The van der Waals surface area contributed by atoms with Gasteiger partial charge in [-0.3, -0.25) is 19.3 Å². The van der Waals surface area contributed by atoms with Gasteiger partial charge in [-0.2, -0.15) is 0 Å². The molecule has 1 aliphatic rings. The summed E-state index contributed by atoms with van der Waals surface area (Å²) in [7, 11) is 0. The van der Waals surface area contributed by atoms with Crippen LogP contribution in [0.15, 0.2) is 60.7 Å². The van der Waals surface area contributed by atoms with Gasteiger partial charge < -0.3 is 10.1 Å². The molecule has 0 unspecified atom stereocenters. The van der Waals surface area contributed by atoms with Gasteiger partial charge in [0.05, 0.1) is 0 Å². The van der Waals surface area contributed by atoms with E-state index in [1.807, 2.05) is 30.3 Å². The van der Waals surface area contributed by atoms with Crippen LogP contribution in [0.1, 0.15) is 29.3 Å². The predicted octanol–water partition coefficient (Wildman–Crippen LogP) is 2.36. The second-order valence-electron chi connectivity index (χ2n) is 7.09. The third-order valence-electron chi connectivity index (χ3n) is 4.85. The third kappa shape index (κ3) is 4.87. The number of benzene rings is 2. The number of hydrogen-bond acceptors (Lipinski definition) is 5. The molecule has 3 amide bonds. The highest BCUT2D eigenvalue weighted by molar-refractivity contribution is 6.08. The second-order valence-corrected chi connectivity index (χ2v) is 7.09. The van der Waals surface area contributed by atoms with Crippen molar-refractivity contribution in [2.24, 2.45) is 0 Å². The fourth-order valence-corrected chi connectivity index (χ4v) is 3.13. The zero-order valence-electron chi connectivity index (χ0n) is 16.1. The monoisotopic (exact) mass is 394 g/mol. The number of rotatable bonds is 8. The molecule has 29 heavy (non-hydrogen) atoms. The SMILES string of the molecule is C[C@@]1(CCc2ccccc2)NC(=O)N(CC(=O)OCC(=O)c2ccccc2)C1=O. The van der Waals surface area contributed by atoms with E-state index in [1.54, 1.807) is 37.3 Å². The van der Waals surface area contributed by atoms with Crippen molar-refractivity contribution in [1.29, 1.82) is 0 Å². The number of hydrogen-bond donors (Lipinski definition) is 1. The number of carbonyl (C=O) groups excluding carboxylic acids is 4. The summed E-state index contributed by atoms with van der Waals surface area (Å²) in [5, 5.41) is 2.66. The Kier molecular flexibility index (Phi) is 6.07. The summed E-state index contributed by atoms with van der Waals surface area (Å²) in [6.45, 7) is 0.659. The fraction of sp³-hybridized carbons (Fsp3) is 0.273. The molecule has 7 heteroatoms. The summed E-state index contributed by atoms with van der Waals surface area (Å²) in [6.07, 6.45) is 1.01. The Balaban J connectivity index is 1.53. The highest BCUT2D eigenvalue weighted by Gasteiger charge is 2.48. The molecule has 1 aliphatic heterocycles. The molecular weight excluding hydrogens is 372 g/mol. The molecule has 1 fully saturated rings. The molecule has 1 saturated heterocycles. The number of imide groups is 1. The molecule has 1 heterocycles. The van der Waals surface area contributed by atoms with Gasteiger partial charge in [0.15, 0.2) is 12.4 Å². The number of nitrogens with zero attached hydrogens (tertiary/aromatic N) is 1. The van der Waals surface area contributed by atoms with E-state index in [2.05, 4.69) is 5.32 Å². The van der Waals surface area contributed by atoms with E-state index >= 15 is 0 Å². The molecule has 1 atom stereocenters. The smallest absolute Gasteiger partial charge is 0.326 e. The van der Waals surface area contributed by atoms with Crippen LogP contribution in [0, 0.1) is 0 Å². The molecule has 0 radical (unpaired) electrons. The van der Waals surface area contributed by atoms with Crippen LogP contribution in [-0.4, -0.2) is 47.3 Å². The maximum absolute atomic E-state index is 12.7. The van der Waals surface area contributed by atoms with Crippen molar-refractivity contribution >= 4 is 23.7 Å². The summed E-state index contributed by atoms with van der Waals surface area (Å²) in [6, 6.07) is 17.4. The number of ether oxygens (including phenoxy) is 1. The van der Waals surface area contributed by atoms with Gasteiger partial charge in [0.2, 0.25) is 0 Å². The molecule has 3 rings (SSSR count). The van der Waals surface area contributed by atoms with E-state index < -0.39 is 36.6 Å². The van der Waals surface area contributed by atoms with Crippen LogP contribution in [0.25, 0.3) is 0 Å². The Morgan fingerprint density at radius 3 is 2.28 bits per heavy atom. The normalized spacial score (nSPS) is 18.4. The first-order valence-corrected chi connectivity index (χ1v) is 9.31. The molecule has 0 aromatic heterocycles. The number of nitrogens with one attached hydrogen (secondary N) is 1. The first-order valence-electron chi connectivity index (χ1n) is 9.31. The van der Waals surface area contributed by atoms with Crippen LogP contribution in [-0.2, 0) is 20.7 Å². The number of amides is 3. The second kappa shape index (κ2) is 8.68. The Morgan fingerprint density at radius 1 is 1.00 bits per heavy atom.